The Balaban J connectivity index is 3.93. The smallest absolute Gasteiger partial charge is 0.164 e. The van der Waals surface area contributed by atoms with Gasteiger partial charge in [-0.05, 0) is 6.42 Å². The van der Waals surface area contributed by atoms with Crippen LogP contribution in [0.5, 0.6) is 0 Å². The van der Waals surface area contributed by atoms with Gasteiger partial charge in [0.1, 0.15) is 0 Å². The highest BCUT2D eigenvalue weighted by molar-refractivity contribution is 4.74. The maximum atomic E-state index is 9.36. The Morgan fingerprint density at radius 1 is 1.33 bits per heavy atom. The molecule has 0 aliphatic carbocycles. The van der Waals surface area contributed by atoms with Crippen LogP contribution in [0.1, 0.15) is 20.3 Å². The lowest BCUT2D eigenvalue weighted by molar-refractivity contribution is -0.193. The summed E-state index contributed by atoms with van der Waals surface area (Å²) in [7, 11) is 0. The van der Waals surface area contributed by atoms with Crippen LogP contribution >= 0.6 is 0 Å². The van der Waals surface area contributed by atoms with E-state index in [4.69, 9.17) is 14.9 Å². The maximum absolute atomic E-state index is 9.36. The van der Waals surface area contributed by atoms with Crippen LogP contribution in [0.15, 0.2) is 0 Å². The molecule has 0 aromatic heterocycles. The molecule has 0 aliphatic heterocycles. The number of hydrogen-bond acceptors (Lipinski definition) is 4. The Morgan fingerprint density at radius 2 is 1.83 bits per heavy atom. The summed E-state index contributed by atoms with van der Waals surface area (Å²) in [4.78, 5) is 0. The van der Waals surface area contributed by atoms with Crippen LogP contribution in [0.2, 0.25) is 0 Å². The first-order valence-electron chi connectivity index (χ1n) is 4.12. The van der Waals surface area contributed by atoms with Crippen molar-refractivity contribution in [3.63, 3.8) is 0 Å². The van der Waals surface area contributed by atoms with Gasteiger partial charge in [0.2, 0.25) is 0 Å². The van der Waals surface area contributed by atoms with Crippen LogP contribution in [0, 0.1) is 5.41 Å². The molecule has 0 spiro atoms. The Labute approximate surface area is 72.8 Å². The lowest BCUT2D eigenvalue weighted by atomic mass is 9.92. The Bertz CT molecular complexity index is 112. The molecule has 0 bridgehead atoms. The third-order valence-corrected chi connectivity index (χ3v) is 1.80. The molecule has 0 fully saturated rings. The van der Waals surface area contributed by atoms with Crippen LogP contribution in [0.4, 0.5) is 0 Å². The number of aliphatic hydroxyl groups excluding tert-OH is 3. The van der Waals surface area contributed by atoms with Gasteiger partial charge >= 0.3 is 0 Å². The largest absolute Gasteiger partial charge is 0.396 e. The summed E-state index contributed by atoms with van der Waals surface area (Å²) in [5.74, 6) is 0. The zero-order valence-electron chi connectivity index (χ0n) is 7.66. The molecule has 1 unspecified atom stereocenters. The fourth-order valence-electron chi connectivity index (χ4n) is 0.637. The first-order chi connectivity index (χ1) is 5.60. The summed E-state index contributed by atoms with van der Waals surface area (Å²) in [5.41, 5.74) is -0.963. The van der Waals surface area contributed by atoms with Gasteiger partial charge in [-0.15, -0.1) is 0 Å². The van der Waals surface area contributed by atoms with Crippen LogP contribution < -0.4 is 0 Å². The van der Waals surface area contributed by atoms with E-state index in [2.05, 4.69) is 0 Å². The summed E-state index contributed by atoms with van der Waals surface area (Å²) in [6.45, 7) is 3.31. The standard InChI is InChI=1S/C8H18O4/c1-3-4-12-7(11)8(2,5-9)6-10/h7,9-11H,3-6H2,1-2H3. The average molecular weight is 178 g/mol. The van der Waals surface area contributed by atoms with Gasteiger partial charge in [-0.3, -0.25) is 0 Å². The van der Waals surface area contributed by atoms with E-state index in [9.17, 15) is 5.11 Å². The summed E-state index contributed by atoms with van der Waals surface area (Å²) < 4.78 is 4.97. The molecule has 0 heterocycles. The molecule has 3 N–H and O–H groups in total. The van der Waals surface area contributed by atoms with Crippen molar-refractivity contribution in [2.75, 3.05) is 19.8 Å². The lowest BCUT2D eigenvalue weighted by Gasteiger charge is -2.29. The first-order valence-corrected chi connectivity index (χ1v) is 4.12. The normalized spacial score (nSPS) is 14.8. The molecule has 0 rings (SSSR count). The Hall–Kier alpha value is -0.160. The molecule has 0 aliphatic rings. The highest BCUT2D eigenvalue weighted by Crippen LogP contribution is 2.20. The second-order valence-electron chi connectivity index (χ2n) is 3.19. The summed E-state index contributed by atoms with van der Waals surface area (Å²) in [6.07, 6.45) is -0.309. The zero-order valence-corrected chi connectivity index (χ0v) is 7.66. The van der Waals surface area contributed by atoms with Gasteiger partial charge in [-0.2, -0.15) is 0 Å². The predicted molar refractivity (Wildman–Crippen MR) is 44.5 cm³/mol. The van der Waals surface area contributed by atoms with E-state index in [0.29, 0.717) is 6.61 Å². The van der Waals surface area contributed by atoms with Crippen molar-refractivity contribution in [1.82, 2.24) is 0 Å². The zero-order chi connectivity index (χ0) is 9.61. The van der Waals surface area contributed by atoms with Gasteiger partial charge in [0.05, 0.1) is 18.6 Å². The monoisotopic (exact) mass is 178 g/mol. The molecule has 0 aromatic carbocycles. The predicted octanol–water partition coefficient (Wildman–Crippen LogP) is -0.278. The van der Waals surface area contributed by atoms with Crippen molar-refractivity contribution in [2.45, 2.75) is 26.6 Å². The van der Waals surface area contributed by atoms with E-state index >= 15 is 0 Å². The third-order valence-electron chi connectivity index (χ3n) is 1.80. The number of rotatable bonds is 6. The molecule has 74 valence electrons. The summed E-state index contributed by atoms with van der Waals surface area (Å²) >= 11 is 0. The van der Waals surface area contributed by atoms with Crippen molar-refractivity contribution in [2.24, 2.45) is 5.41 Å². The van der Waals surface area contributed by atoms with E-state index in [1.807, 2.05) is 6.92 Å². The quantitative estimate of drug-likeness (QED) is 0.489. The van der Waals surface area contributed by atoms with Gasteiger partial charge in [0.25, 0.3) is 0 Å². The van der Waals surface area contributed by atoms with Crippen molar-refractivity contribution in [1.29, 1.82) is 0 Å². The molecule has 1 atom stereocenters. The molecule has 4 nitrogen and oxygen atoms in total. The highest BCUT2D eigenvalue weighted by atomic mass is 16.6. The highest BCUT2D eigenvalue weighted by Gasteiger charge is 2.32. The van der Waals surface area contributed by atoms with Crippen molar-refractivity contribution < 1.29 is 20.1 Å². The average Bonchev–Trinajstić information content (AvgIpc) is 2.12. The second-order valence-corrected chi connectivity index (χ2v) is 3.19. The number of hydrogen-bond donors (Lipinski definition) is 3. The number of ether oxygens (including phenoxy) is 1. The minimum atomic E-state index is -1.10. The first kappa shape index (κ1) is 11.8. The van der Waals surface area contributed by atoms with Crippen molar-refractivity contribution in [3.8, 4) is 0 Å². The maximum Gasteiger partial charge on any atom is 0.164 e. The second kappa shape index (κ2) is 5.48. The Morgan fingerprint density at radius 3 is 2.17 bits per heavy atom. The molecule has 0 saturated heterocycles. The van der Waals surface area contributed by atoms with E-state index < -0.39 is 11.7 Å². The van der Waals surface area contributed by atoms with Gasteiger partial charge in [0, 0.05) is 6.61 Å². The van der Waals surface area contributed by atoms with Crippen LogP contribution in [0.3, 0.4) is 0 Å². The minimum Gasteiger partial charge on any atom is -0.396 e. The molecule has 0 radical (unpaired) electrons. The van der Waals surface area contributed by atoms with Gasteiger partial charge < -0.3 is 20.1 Å². The third kappa shape index (κ3) is 3.06. The topological polar surface area (TPSA) is 69.9 Å². The van der Waals surface area contributed by atoms with Crippen molar-refractivity contribution >= 4 is 0 Å². The molecule has 0 amide bonds. The van der Waals surface area contributed by atoms with E-state index in [-0.39, 0.29) is 13.2 Å². The molecule has 4 heteroatoms. The fourth-order valence-corrected chi connectivity index (χ4v) is 0.637. The van der Waals surface area contributed by atoms with E-state index in [1.54, 1.807) is 6.92 Å². The van der Waals surface area contributed by atoms with E-state index in [0.717, 1.165) is 6.42 Å². The Kier molecular flexibility index (Phi) is 5.41. The SMILES string of the molecule is CCCOC(O)C(C)(CO)CO. The van der Waals surface area contributed by atoms with Gasteiger partial charge in [-0.25, -0.2) is 0 Å². The fraction of sp³-hybridized carbons (Fsp3) is 1.00. The van der Waals surface area contributed by atoms with Crippen molar-refractivity contribution in [3.05, 3.63) is 0 Å². The lowest BCUT2D eigenvalue weighted by Crippen LogP contribution is -2.41. The number of aliphatic hydroxyl groups is 3. The van der Waals surface area contributed by atoms with Gasteiger partial charge in [0.15, 0.2) is 6.29 Å². The molecular formula is C8H18O4. The van der Waals surface area contributed by atoms with Crippen LogP contribution in [0.25, 0.3) is 0 Å². The summed E-state index contributed by atoms with van der Waals surface area (Å²) in [6, 6.07) is 0. The molecular weight excluding hydrogens is 160 g/mol. The molecule has 0 saturated carbocycles. The van der Waals surface area contributed by atoms with E-state index in [1.165, 1.54) is 0 Å². The van der Waals surface area contributed by atoms with Gasteiger partial charge in [-0.1, -0.05) is 13.8 Å². The van der Waals surface area contributed by atoms with Crippen LogP contribution in [-0.2, 0) is 4.74 Å². The van der Waals surface area contributed by atoms with Crippen LogP contribution in [-0.4, -0.2) is 41.4 Å². The minimum absolute atomic E-state index is 0.297. The molecule has 12 heavy (non-hydrogen) atoms. The molecule has 0 aromatic rings. The summed E-state index contributed by atoms with van der Waals surface area (Å²) in [5, 5.41) is 27.1.